The number of nitrogens with one attached hydrogen (secondary N) is 2. The predicted molar refractivity (Wildman–Crippen MR) is 117 cm³/mol. The third-order valence-corrected chi connectivity index (χ3v) is 4.99. The van der Waals surface area contributed by atoms with E-state index < -0.39 is 6.04 Å². The van der Waals surface area contributed by atoms with Gasteiger partial charge in [-0.2, -0.15) is 5.10 Å². The largest absolute Gasteiger partial charge is 0.340 e. The van der Waals surface area contributed by atoms with Crippen LogP contribution in [0.25, 0.3) is 10.9 Å². The lowest BCUT2D eigenvalue weighted by Crippen LogP contribution is -2.45. The van der Waals surface area contributed by atoms with Gasteiger partial charge in [-0.1, -0.05) is 54.6 Å². The van der Waals surface area contributed by atoms with Gasteiger partial charge in [-0.05, 0) is 29.8 Å². The SMILES string of the molecule is Cn1ncc2c(NC(=O)C(Cc3ccccc3)NC(=O)c3ccccc3)cccc21. The van der Waals surface area contributed by atoms with Crippen LogP contribution in [0.4, 0.5) is 5.69 Å². The lowest BCUT2D eigenvalue weighted by Gasteiger charge is -2.19. The third-order valence-electron chi connectivity index (χ3n) is 4.99. The molecule has 0 saturated carbocycles. The topological polar surface area (TPSA) is 76.0 Å². The normalized spacial score (nSPS) is 11.8. The smallest absolute Gasteiger partial charge is 0.251 e. The van der Waals surface area contributed by atoms with Crippen molar-refractivity contribution in [3.63, 3.8) is 0 Å². The van der Waals surface area contributed by atoms with Gasteiger partial charge in [-0.3, -0.25) is 14.3 Å². The molecule has 0 aliphatic heterocycles. The number of carbonyl (C=O) groups is 2. The molecular formula is C24H22N4O2. The van der Waals surface area contributed by atoms with Gasteiger partial charge in [0.15, 0.2) is 0 Å². The van der Waals surface area contributed by atoms with Crippen molar-refractivity contribution >= 4 is 28.4 Å². The fourth-order valence-corrected chi connectivity index (χ4v) is 3.40. The van der Waals surface area contributed by atoms with Crippen molar-refractivity contribution in [3.8, 4) is 0 Å². The van der Waals surface area contributed by atoms with Crippen LogP contribution in [0.15, 0.2) is 85.1 Å². The van der Waals surface area contributed by atoms with Crippen LogP contribution in [0.1, 0.15) is 15.9 Å². The van der Waals surface area contributed by atoms with E-state index in [4.69, 9.17) is 0 Å². The van der Waals surface area contributed by atoms with Crippen molar-refractivity contribution in [1.29, 1.82) is 0 Å². The number of rotatable bonds is 6. The number of hydrogen-bond donors (Lipinski definition) is 2. The molecule has 0 saturated heterocycles. The van der Waals surface area contributed by atoms with E-state index in [0.29, 0.717) is 17.7 Å². The highest BCUT2D eigenvalue weighted by Gasteiger charge is 2.23. The molecule has 4 aromatic rings. The fraction of sp³-hybridized carbons (Fsp3) is 0.125. The van der Waals surface area contributed by atoms with Crippen molar-refractivity contribution in [2.45, 2.75) is 12.5 Å². The molecule has 1 aromatic heterocycles. The maximum absolute atomic E-state index is 13.2. The number of hydrogen-bond acceptors (Lipinski definition) is 3. The maximum Gasteiger partial charge on any atom is 0.251 e. The molecule has 0 fully saturated rings. The van der Waals surface area contributed by atoms with Crippen molar-refractivity contribution in [2.24, 2.45) is 7.05 Å². The summed E-state index contributed by atoms with van der Waals surface area (Å²) in [5.41, 5.74) is 3.06. The van der Waals surface area contributed by atoms with Crippen molar-refractivity contribution in [3.05, 3.63) is 96.2 Å². The minimum Gasteiger partial charge on any atom is -0.340 e. The van der Waals surface area contributed by atoms with Gasteiger partial charge < -0.3 is 10.6 Å². The van der Waals surface area contributed by atoms with Crippen molar-refractivity contribution in [2.75, 3.05) is 5.32 Å². The minimum absolute atomic E-state index is 0.278. The van der Waals surface area contributed by atoms with E-state index in [1.807, 2.05) is 61.6 Å². The summed E-state index contributed by atoms with van der Waals surface area (Å²) >= 11 is 0. The van der Waals surface area contributed by atoms with Crippen LogP contribution in [0.3, 0.4) is 0 Å². The quantitative estimate of drug-likeness (QED) is 0.521. The summed E-state index contributed by atoms with van der Waals surface area (Å²) < 4.78 is 1.75. The van der Waals surface area contributed by atoms with Gasteiger partial charge in [-0.25, -0.2) is 0 Å². The van der Waals surface area contributed by atoms with Crippen LogP contribution in [-0.4, -0.2) is 27.6 Å². The van der Waals surface area contributed by atoms with Gasteiger partial charge in [0.05, 0.1) is 17.4 Å². The summed E-state index contributed by atoms with van der Waals surface area (Å²) in [7, 11) is 1.85. The maximum atomic E-state index is 13.2. The Balaban J connectivity index is 1.59. The second-order valence-corrected chi connectivity index (χ2v) is 7.08. The third kappa shape index (κ3) is 4.22. The highest BCUT2D eigenvalue weighted by molar-refractivity contribution is 6.05. The van der Waals surface area contributed by atoms with Gasteiger partial charge in [0, 0.05) is 24.4 Å². The molecule has 6 heteroatoms. The molecule has 0 radical (unpaired) electrons. The number of aryl methyl sites for hydroxylation is 1. The molecular weight excluding hydrogens is 376 g/mol. The first-order chi connectivity index (χ1) is 14.6. The summed E-state index contributed by atoms with van der Waals surface area (Å²) in [5.74, 6) is -0.564. The van der Waals surface area contributed by atoms with Crippen molar-refractivity contribution in [1.82, 2.24) is 15.1 Å². The Morgan fingerprint density at radius 3 is 2.37 bits per heavy atom. The Labute approximate surface area is 174 Å². The molecule has 0 spiro atoms. The number of carbonyl (C=O) groups excluding carboxylic acids is 2. The van der Waals surface area contributed by atoms with Gasteiger partial charge in [-0.15, -0.1) is 0 Å². The first-order valence-electron chi connectivity index (χ1n) is 9.73. The lowest BCUT2D eigenvalue weighted by atomic mass is 10.0. The van der Waals surface area contributed by atoms with E-state index in [2.05, 4.69) is 15.7 Å². The first-order valence-corrected chi connectivity index (χ1v) is 9.73. The molecule has 4 rings (SSSR count). The Morgan fingerprint density at radius 2 is 1.63 bits per heavy atom. The first kappa shape index (κ1) is 19.4. The molecule has 30 heavy (non-hydrogen) atoms. The Kier molecular flexibility index (Phi) is 5.57. The predicted octanol–water partition coefficient (Wildman–Crippen LogP) is 3.55. The van der Waals surface area contributed by atoms with E-state index in [1.54, 1.807) is 35.1 Å². The lowest BCUT2D eigenvalue weighted by molar-refractivity contribution is -0.118. The molecule has 0 aliphatic carbocycles. The summed E-state index contributed by atoms with van der Waals surface area (Å²) in [5, 5.41) is 11.0. The molecule has 0 aliphatic rings. The Bertz CT molecular complexity index is 1170. The second kappa shape index (κ2) is 8.61. The van der Waals surface area contributed by atoms with E-state index in [9.17, 15) is 9.59 Å². The number of anilines is 1. The zero-order chi connectivity index (χ0) is 20.9. The van der Waals surface area contributed by atoms with Crippen molar-refractivity contribution < 1.29 is 9.59 Å². The highest BCUT2D eigenvalue weighted by atomic mass is 16.2. The molecule has 1 atom stereocenters. The van der Waals surface area contributed by atoms with Gasteiger partial charge in [0.2, 0.25) is 5.91 Å². The van der Waals surface area contributed by atoms with Crippen LogP contribution in [-0.2, 0) is 18.3 Å². The van der Waals surface area contributed by atoms with Crippen LogP contribution in [0.2, 0.25) is 0 Å². The van der Waals surface area contributed by atoms with E-state index in [0.717, 1.165) is 16.5 Å². The number of amides is 2. The average Bonchev–Trinajstić information content (AvgIpc) is 3.16. The van der Waals surface area contributed by atoms with Gasteiger partial charge >= 0.3 is 0 Å². The van der Waals surface area contributed by atoms with Gasteiger partial charge in [0.1, 0.15) is 6.04 Å². The highest BCUT2D eigenvalue weighted by Crippen LogP contribution is 2.23. The Hall–Kier alpha value is -3.93. The minimum atomic E-state index is -0.730. The van der Waals surface area contributed by atoms with Crippen LogP contribution in [0.5, 0.6) is 0 Å². The van der Waals surface area contributed by atoms with Crippen LogP contribution < -0.4 is 10.6 Å². The van der Waals surface area contributed by atoms with Crippen LogP contribution >= 0.6 is 0 Å². The molecule has 2 amide bonds. The monoisotopic (exact) mass is 398 g/mol. The summed E-state index contributed by atoms with van der Waals surface area (Å²) in [4.78, 5) is 25.9. The molecule has 2 N–H and O–H groups in total. The molecule has 1 unspecified atom stereocenters. The summed E-state index contributed by atoms with van der Waals surface area (Å²) in [6.07, 6.45) is 2.11. The molecule has 6 nitrogen and oxygen atoms in total. The van der Waals surface area contributed by atoms with Gasteiger partial charge in [0.25, 0.3) is 5.91 Å². The standard InChI is InChI=1S/C24H22N4O2/c1-28-22-14-8-13-20(19(22)16-25-28)26-24(30)21(15-17-9-4-2-5-10-17)27-23(29)18-11-6-3-7-12-18/h2-14,16,21H,15H2,1H3,(H,26,30)(H,27,29). The molecule has 3 aromatic carbocycles. The van der Waals surface area contributed by atoms with E-state index in [-0.39, 0.29) is 11.8 Å². The molecule has 0 bridgehead atoms. The fourth-order valence-electron chi connectivity index (χ4n) is 3.40. The number of benzene rings is 3. The number of fused-ring (bicyclic) bond motifs is 1. The van der Waals surface area contributed by atoms with Crippen LogP contribution in [0, 0.1) is 0 Å². The zero-order valence-corrected chi connectivity index (χ0v) is 16.6. The second-order valence-electron chi connectivity index (χ2n) is 7.08. The molecule has 150 valence electrons. The zero-order valence-electron chi connectivity index (χ0n) is 16.6. The average molecular weight is 398 g/mol. The van der Waals surface area contributed by atoms with E-state index >= 15 is 0 Å². The summed E-state index contributed by atoms with van der Waals surface area (Å²) in [6, 6.07) is 23.4. The van der Waals surface area contributed by atoms with E-state index in [1.165, 1.54) is 0 Å². The number of nitrogens with zero attached hydrogens (tertiary/aromatic N) is 2. The molecule has 1 heterocycles. The summed E-state index contributed by atoms with van der Waals surface area (Å²) in [6.45, 7) is 0. The number of aromatic nitrogens is 2. The Morgan fingerprint density at radius 1 is 0.933 bits per heavy atom.